The van der Waals surface area contributed by atoms with Crippen molar-refractivity contribution in [2.45, 2.75) is 70.4 Å². The summed E-state index contributed by atoms with van der Waals surface area (Å²) < 4.78 is 5.36. The van der Waals surface area contributed by atoms with Gasteiger partial charge >= 0.3 is 5.97 Å². The van der Waals surface area contributed by atoms with Crippen LogP contribution in [-0.2, 0) is 9.53 Å². The van der Waals surface area contributed by atoms with Crippen LogP contribution in [0.4, 0.5) is 0 Å². The lowest BCUT2D eigenvalue weighted by atomic mass is 9.44. The minimum atomic E-state index is -1.49. The van der Waals surface area contributed by atoms with Crippen LogP contribution >= 0.6 is 0 Å². The molecule has 5 nitrogen and oxygen atoms in total. The third-order valence-corrected chi connectivity index (χ3v) is 6.89. The highest BCUT2D eigenvalue weighted by Crippen LogP contribution is 2.69. The van der Waals surface area contributed by atoms with Gasteiger partial charge in [-0.15, -0.1) is 0 Å². The monoisotopic (exact) mass is 284 g/mol. The van der Waals surface area contributed by atoms with Crippen LogP contribution in [0.5, 0.6) is 0 Å². The lowest BCUT2D eigenvalue weighted by molar-refractivity contribution is -0.325. The molecule has 114 valence electrons. The van der Waals surface area contributed by atoms with Gasteiger partial charge in [-0.05, 0) is 25.7 Å². The van der Waals surface area contributed by atoms with Crippen molar-refractivity contribution in [2.24, 2.45) is 16.7 Å². The van der Waals surface area contributed by atoms with Crippen molar-refractivity contribution in [3.63, 3.8) is 0 Å². The molecule has 0 aromatic heterocycles. The Morgan fingerprint density at radius 2 is 1.85 bits per heavy atom. The molecule has 1 saturated heterocycles. The summed E-state index contributed by atoms with van der Waals surface area (Å²) in [6.45, 7) is 7.07. The second kappa shape index (κ2) is 3.57. The van der Waals surface area contributed by atoms with Gasteiger partial charge < -0.3 is 20.1 Å². The Balaban J connectivity index is 2.26. The molecular weight excluding hydrogens is 260 g/mol. The number of hydrogen-bond donors (Lipinski definition) is 3. The minimum Gasteiger partial charge on any atom is -0.459 e. The number of esters is 1. The second-order valence-corrected chi connectivity index (χ2v) is 7.71. The number of carbonyl (C=O) groups is 1. The summed E-state index contributed by atoms with van der Waals surface area (Å²) in [4.78, 5) is 12.0. The van der Waals surface area contributed by atoms with Crippen molar-refractivity contribution in [1.82, 2.24) is 0 Å². The fraction of sp³-hybridized carbons (Fsp3) is 0.933. The first kappa shape index (κ1) is 14.3. The van der Waals surface area contributed by atoms with Gasteiger partial charge in [0.25, 0.3) is 0 Å². The molecule has 2 saturated carbocycles. The van der Waals surface area contributed by atoms with Crippen molar-refractivity contribution in [3.05, 3.63) is 0 Å². The quantitative estimate of drug-likeness (QED) is 0.567. The zero-order chi connectivity index (χ0) is 15.1. The van der Waals surface area contributed by atoms with Gasteiger partial charge in [0.1, 0.15) is 17.3 Å². The first-order chi connectivity index (χ1) is 9.00. The molecule has 3 N–H and O–H groups in total. The van der Waals surface area contributed by atoms with Crippen LogP contribution in [0.3, 0.4) is 0 Å². The Bertz CT molecular complexity index is 471. The number of aliphatic hydroxyl groups is 3. The molecule has 3 rings (SSSR count). The normalized spacial score (nSPS) is 57.1. The molecule has 1 spiro atoms. The number of ether oxygens (including phenoxy) is 1. The van der Waals surface area contributed by atoms with Gasteiger partial charge in [0.05, 0.1) is 12.5 Å². The number of aliphatic hydroxyl groups excluding tert-OH is 1. The highest BCUT2D eigenvalue weighted by atomic mass is 16.6. The van der Waals surface area contributed by atoms with Gasteiger partial charge in [0.15, 0.2) is 0 Å². The van der Waals surface area contributed by atoms with E-state index in [2.05, 4.69) is 0 Å². The van der Waals surface area contributed by atoms with Gasteiger partial charge in [0.2, 0.25) is 0 Å². The molecule has 0 amide bonds. The van der Waals surface area contributed by atoms with Crippen LogP contribution in [0, 0.1) is 16.7 Å². The average molecular weight is 284 g/mol. The molecule has 3 aliphatic rings. The maximum absolute atomic E-state index is 12.0. The van der Waals surface area contributed by atoms with Crippen LogP contribution in [0.1, 0.15) is 47.0 Å². The van der Waals surface area contributed by atoms with Crippen LogP contribution in [0.2, 0.25) is 0 Å². The van der Waals surface area contributed by atoms with E-state index in [0.717, 1.165) is 0 Å². The Morgan fingerprint density at radius 3 is 2.45 bits per heavy atom. The summed E-state index contributed by atoms with van der Waals surface area (Å²) in [7, 11) is 0. The largest absolute Gasteiger partial charge is 0.459 e. The highest BCUT2D eigenvalue weighted by molar-refractivity contribution is 5.73. The summed E-state index contributed by atoms with van der Waals surface area (Å²) in [5.41, 5.74) is -4.56. The van der Waals surface area contributed by atoms with E-state index in [4.69, 9.17) is 4.74 Å². The molecule has 0 aromatic carbocycles. The van der Waals surface area contributed by atoms with E-state index in [-0.39, 0.29) is 12.3 Å². The van der Waals surface area contributed by atoms with Gasteiger partial charge in [-0.1, -0.05) is 20.8 Å². The van der Waals surface area contributed by atoms with Gasteiger partial charge in [-0.2, -0.15) is 0 Å². The fourth-order valence-corrected chi connectivity index (χ4v) is 5.15. The Morgan fingerprint density at radius 1 is 1.25 bits per heavy atom. The maximum atomic E-state index is 12.0. The van der Waals surface area contributed by atoms with Crippen molar-refractivity contribution in [1.29, 1.82) is 0 Å². The fourth-order valence-electron chi connectivity index (χ4n) is 5.15. The predicted molar refractivity (Wildman–Crippen MR) is 70.7 cm³/mol. The van der Waals surface area contributed by atoms with Gasteiger partial charge in [-0.3, -0.25) is 4.79 Å². The lowest BCUT2D eigenvalue weighted by Gasteiger charge is -2.66. The molecule has 2 bridgehead atoms. The Labute approximate surface area is 118 Å². The Kier molecular flexibility index (Phi) is 2.55. The molecule has 2 aliphatic carbocycles. The van der Waals surface area contributed by atoms with E-state index in [1.807, 2.05) is 6.92 Å². The molecule has 3 fully saturated rings. The van der Waals surface area contributed by atoms with Crippen LogP contribution in [0.25, 0.3) is 0 Å². The van der Waals surface area contributed by atoms with E-state index in [0.29, 0.717) is 12.8 Å². The summed E-state index contributed by atoms with van der Waals surface area (Å²) in [6.07, 6.45) is -0.616. The topological polar surface area (TPSA) is 87.0 Å². The molecule has 0 unspecified atom stereocenters. The molecule has 5 heteroatoms. The molecule has 20 heavy (non-hydrogen) atoms. The average Bonchev–Trinajstić information content (AvgIpc) is 2.50. The van der Waals surface area contributed by atoms with E-state index in [1.165, 1.54) is 0 Å². The molecular formula is C15H24O5. The summed E-state index contributed by atoms with van der Waals surface area (Å²) in [5.74, 6) is -0.385. The zero-order valence-electron chi connectivity index (χ0n) is 12.5. The second-order valence-electron chi connectivity index (χ2n) is 7.71. The van der Waals surface area contributed by atoms with Crippen molar-refractivity contribution < 1.29 is 24.9 Å². The Hall–Kier alpha value is -0.650. The minimum absolute atomic E-state index is 0.00762. The number of carbonyl (C=O) groups excluding carboxylic acids is 1. The van der Waals surface area contributed by atoms with Gasteiger partial charge in [-0.25, -0.2) is 0 Å². The van der Waals surface area contributed by atoms with Crippen molar-refractivity contribution in [2.75, 3.05) is 0 Å². The first-order valence-electron chi connectivity index (χ1n) is 7.33. The molecule has 1 aliphatic heterocycles. The van der Waals surface area contributed by atoms with Crippen LogP contribution < -0.4 is 0 Å². The standard InChI is InChI=1S/C15H24O5/c1-8-5-9(16)15(19)12(2,3)13(4,18)10-6-14(8,15)7-11(17)20-10/h8-10,16,18-19H,5-7H2,1-4H3/t8-,9+,10-,13+,14-,15+/m1/s1. The predicted octanol–water partition coefficient (Wildman–Crippen LogP) is 0.601. The SMILES string of the molecule is C[C@@H]1C[C@H](O)[C@]2(O)C(C)(C)[C@@](C)(O)[C@H]3C[C@@]12CC(=O)O3. The van der Waals surface area contributed by atoms with E-state index in [9.17, 15) is 20.1 Å². The molecule has 0 radical (unpaired) electrons. The number of hydrogen-bond acceptors (Lipinski definition) is 5. The molecule has 6 atom stereocenters. The lowest BCUT2D eigenvalue weighted by Crippen LogP contribution is -2.77. The van der Waals surface area contributed by atoms with Crippen LogP contribution in [0.15, 0.2) is 0 Å². The summed E-state index contributed by atoms with van der Waals surface area (Å²) >= 11 is 0. The molecule has 0 aromatic rings. The molecule has 1 heterocycles. The third kappa shape index (κ3) is 1.19. The number of rotatable bonds is 0. The summed E-state index contributed by atoms with van der Waals surface area (Å²) in [5, 5.41) is 32.8. The van der Waals surface area contributed by atoms with E-state index in [1.54, 1.807) is 20.8 Å². The van der Waals surface area contributed by atoms with E-state index < -0.39 is 40.2 Å². The van der Waals surface area contributed by atoms with Gasteiger partial charge in [0, 0.05) is 10.8 Å². The highest BCUT2D eigenvalue weighted by Gasteiger charge is 2.79. The zero-order valence-corrected chi connectivity index (χ0v) is 12.5. The smallest absolute Gasteiger partial charge is 0.306 e. The summed E-state index contributed by atoms with van der Waals surface area (Å²) in [6, 6.07) is 0. The van der Waals surface area contributed by atoms with Crippen LogP contribution in [-0.4, -0.2) is 44.7 Å². The number of fused-ring (bicyclic) bond motifs is 1. The third-order valence-electron chi connectivity index (χ3n) is 6.89. The first-order valence-corrected chi connectivity index (χ1v) is 7.33. The maximum Gasteiger partial charge on any atom is 0.306 e. The van der Waals surface area contributed by atoms with Crippen molar-refractivity contribution >= 4 is 5.97 Å². The van der Waals surface area contributed by atoms with Crippen molar-refractivity contribution in [3.8, 4) is 0 Å². The van der Waals surface area contributed by atoms with E-state index >= 15 is 0 Å².